The van der Waals surface area contributed by atoms with Crippen LogP contribution in [0.15, 0.2) is 103 Å². The molecule has 0 atom stereocenters. The fourth-order valence-electron chi connectivity index (χ4n) is 5.26. The molecule has 0 unspecified atom stereocenters. The molecule has 0 saturated carbocycles. The van der Waals surface area contributed by atoms with Gasteiger partial charge in [-0.15, -0.1) is 0 Å². The molecule has 0 saturated heterocycles. The summed E-state index contributed by atoms with van der Waals surface area (Å²) in [6, 6.07) is 28.8. The molecule has 0 bridgehead atoms. The zero-order chi connectivity index (χ0) is 29.8. The van der Waals surface area contributed by atoms with Crippen molar-refractivity contribution in [3.05, 3.63) is 137 Å². The summed E-state index contributed by atoms with van der Waals surface area (Å²) >= 11 is 0. The Hall–Kier alpha value is -5.28. The van der Waals surface area contributed by atoms with E-state index in [1.807, 2.05) is 60.7 Å². The van der Waals surface area contributed by atoms with E-state index >= 15 is 0 Å². The maximum Gasteiger partial charge on any atom is 0.412 e. The zero-order valence-corrected chi connectivity index (χ0v) is 23.1. The van der Waals surface area contributed by atoms with Gasteiger partial charge in [0, 0.05) is 30.2 Å². The molecule has 5 aromatic rings. The number of rotatable bonds is 9. The maximum absolute atomic E-state index is 14.2. The minimum atomic E-state index is -0.772. The van der Waals surface area contributed by atoms with Gasteiger partial charge in [0.05, 0.1) is 18.7 Å². The Balaban J connectivity index is 1.51. The van der Waals surface area contributed by atoms with Crippen molar-refractivity contribution in [1.82, 2.24) is 15.2 Å². The first kappa shape index (κ1) is 27.9. The maximum atomic E-state index is 14.2. The van der Waals surface area contributed by atoms with E-state index in [1.165, 1.54) is 12.1 Å². The highest BCUT2D eigenvalue weighted by Crippen LogP contribution is 2.46. The monoisotopic (exact) mass is 577 g/mol. The van der Waals surface area contributed by atoms with Gasteiger partial charge in [0.2, 0.25) is 0 Å². The van der Waals surface area contributed by atoms with E-state index in [2.05, 4.69) is 10.3 Å². The minimum Gasteiger partial charge on any atom is -0.478 e. The predicted octanol–water partition coefficient (Wildman–Crippen LogP) is 5.78. The number of pyridine rings is 1. The quantitative estimate of drug-likeness (QED) is 0.230. The van der Waals surface area contributed by atoms with E-state index in [0.29, 0.717) is 16.5 Å². The molecule has 0 aliphatic carbocycles. The Bertz CT molecular complexity index is 1730. The summed E-state index contributed by atoms with van der Waals surface area (Å²) in [5, 5.41) is 12.2. The van der Waals surface area contributed by atoms with Crippen LogP contribution in [0.5, 0.6) is 11.5 Å². The lowest BCUT2D eigenvalue weighted by atomic mass is 9.99. The number of aliphatic hydroxyl groups excluding tert-OH is 1. The normalized spacial score (nSPS) is 12.4. The highest BCUT2D eigenvalue weighted by molar-refractivity contribution is 6.09. The Labute approximate surface area is 247 Å². The average molecular weight is 578 g/mol. The summed E-state index contributed by atoms with van der Waals surface area (Å²) in [6.45, 7) is 0.0705. The van der Waals surface area contributed by atoms with Crippen LogP contribution >= 0.6 is 0 Å². The molecule has 2 amide bonds. The number of nitrogens with zero attached hydrogens (tertiary/aromatic N) is 2. The molecule has 1 aliphatic heterocycles. The number of nitrogens with one attached hydrogen (secondary N) is 1. The Kier molecular flexibility index (Phi) is 7.97. The van der Waals surface area contributed by atoms with E-state index in [9.17, 15) is 19.1 Å². The number of carbonyl (C=O) groups excluding carboxylic acids is 2. The van der Waals surface area contributed by atoms with Crippen molar-refractivity contribution < 1.29 is 28.6 Å². The SMILES string of the molecule is O=C(NCCO)Oc1c2c(c(OC(c3ccccc3)c3ccccc3)c3ncccc13)C(=O)N(Cc1ccc(F)cc1)C2. The van der Waals surface area contributed by atoms with Crippen molar-refractivity contribution in [3.63, 3.8) is 0 Å². The number of hydrogen-bond donors (Lipinski definition) is 2. The van der Waals surface area contributed by atoms with E-state index in [1.54, 1.807) is 35.4 Å². The van der Waals surface area contributed by atoms with Crippen LogP contribution in [0.25, 0.3) is 10.9 Å². The number of halogens is 1. The second kappa shape index (κ2) is 12.3. The summed E-state index contributed by atoms with van der Waals surface area (Å²) < 4.78 is 26.2. The summed E-state index contributed by atoms with van der Waals surface area (Å²) in [4.78, 5) is 33.0. The molecule has 0 radical (unpaired) electrons. The first-order valence-corrected chi connectivity index (χ1v) is 13.8. The number of aliphatic hydroxyl groups is 1. The molecule has 2 heterocycles. The van der Waals surface area contributed by atoms with E-state index in [0.717, 1.165) is 16.7 Å². The van der Waals surface area contributed by atoms with Gasteiger partial charge in [-0.25, -0.2) is 9.18 Å². The van der Waals surface area contributed by atoms with Crippen LogP contribution in [0.3, 0.4) is 0 Å². The Morgan fingerprint density at radius 1 is 0.930 bits per heavy atom. The first-order valence-electron chi connectivity index (χ1n) is 13.8. The van der Waals surface area contributed by atoms with Crippen LogP contribution in [0.2, 0.25) is 0 Å². The third-order valence-corrected chi connectivity index (χ3v) is 7.22. The molecule has 0 spiro atoms. The Morgan fingerprint density at radius 3 is 2.26 bits per heavy atom. The number of fused-ring (bicyclic) bond motifs is 2. The third kappa shape index (κ3) is 5.75. The minimum absolute atomic E-state index is 0.00382. The largest absolute Gasteiger partial charge is 0.478 e. The summed E-state index contributed by atoms with van der Waals surface area (Å²) in [6.07, 6.45) is 0.244. The highest BCUT2D eigenvalue weighted by Gasteiger charge is 2.38. The topological polar surface area (TPSA) is 101 Å². The van der Waals surface area contributed by atoms with Crippen molar-refractivity contribution in [2.45, 2.75) is 19.2 Å². The summed E-state index contributed by atoms with van der Waals surface area (Å²) in [5.74, 6) is -0.238. The van der Waals surface area contributed by atoms with Gasteiger partial charge in [0.25, 0.3) is 5.91 Å². The lowest BCUT2D eigenvalue weighted by Gasteiger charge is -2.23. The molecular weight excluding hydrogens is 549 g/mol. The second-order valence-electron chi connectivity index (χ2n) is 10.1. The molecule has 9 heteroatoms. The molecular formula is C34H28FN3O5. The standard InChI is InChI=1S/C34H28FN3O5/c35-25-15-13-22(14-16-25)20-38-21-27-28(33(38)40)32(29-26(12-7-17-36-29)31(27)43-34(41)37-18-19-39)42-30(23-8-3-1-4-9-23)24-10-5-2-6-11-24/h1-17,30,39H,18-21H2,(H,37,41). The lowest BCUT2D eigenvalue weighted by Crippen LogP contribution is -2.29. The van der Waals surface area contributed by atoms with E-state index in [-0.39, 0.29) is 55.0 Å². The number of amides is 2. The van der Waals surface area contributed by atoms with Gasteiger partial charge >= 0.3 is 6.09 Å². The van der Waals surface area contributed by atoms with Gasteiger partial charge in [0.1, 0.15) is 23.2 Å². The first-order chi connectivity index (χ1) is 21.0. The van der Waals surface area contributed by atoms with Crippen LogP contribution in [-0.2, 0) is 13.1 Å². The number of ether oxygens (including phenoxy) is 2. The molecule has 216 valence electrons. The van der Waals surface area contributed by atoms with E-state index < -0.39 is 12.2 Å². The van der Waals surface area contributed by atoms with Gasteiger partial charge < -0.3 is 24.8 Å². The third-order valence-electron chi connectivity index (χ3n) is 7.22. The number of hydrogen-bond acceptors (Lipinski definition) is 6. The highest BCUT2D eigenvalue weighted by atomic mass is 19.1. The molecule has 0 fully saturated rings. The van der Waals surface area contributed by atoms with Gasteiger partial charge in [-0.05, 0) is 41.0 Å². The van der Waals surface area contributed by atoms with Crippen molar-refractivity contribution in [3.8, 4) is 11.5 Å². The molecule has 1 aromatic heterocycles. The lowest BCUT2D eigenvalue weighted by molar-refractivity contribution is 0.0762. The number of carbonyl (C=O) groups is 2. The van der Waals surface area contributed by atoms with Crippen molar-refractivity contribution >= 4 is 22.9 Å². The predicted molar refractivity (Wildman–Crippen MR) is 158 cm³/mol. The van der Waals surface area contributed by atoms with Gasteiger partial charge in [-0.1, -0.05) is 72.8 Å². The molecule has 1 aliphatic rings. The summed E-state index contributed by atoms with van der Waals surface area (Å²) in [5.41, 5.74) is 3.58. The number of benzene rings is 4. The zero-order valence-electron chi connectivity index (χ0n) is 23.1. The van der Waals surface area contributed by atoms with Gasteiger partial charge in [-0.3, -0.25) is 9.78 Å². The van der Waals surface area contributed by atoms with Crippen LogP contribution in [0.4, 0.5) is 9.18 Å². The molecule has 2 N–H and O–H groups in total. The molecule has 8 nitrogen and oxygen atoms in total. The smallest absolute Gasteiger partial charge is 0.412 e. The van der Waals surface area contributed by atoms with Crippen LogP contribution < -0.4 is 14.8 Å². The molecule has 6 rings (SSSR count). The number of aromatic nitrogens is 1. The molecule has 4 aromatic carbocycles. The van der Waals surface area contributed by atoms with Crippen molar-refractivity contribution in [2.24, 2.45) is 0 Å². The Morgan fingerprint density at radius 2 is 1.60 bits per heavy atom. The van der Waals surface area contributed by atoms with Gasteiger partial charge in [-0.2, -0.15) is 0 Å². The van der Waals surface area contributed by atoms with Crippen molar-refractivity contribution in [1.29, 1.82) is 0 Å². The van der Waals surface area contributed by atoms with Gasteiger partial charge in [0.15, 0.2) is 5.75 Å². The van der Waals surface area contributed by atoms with Crippen molar-refractivity contribution in [2.75, 3.05) is 13.2 Å². The fourth-order valence-corrected chi connectivity index (χ4v) is 5.26. The van der Waals surface area contributed by atoms with Crippen LogP contribution in [0.1, 0.15) is 38.7 Å². The summed E-state index contributed by atoms with van der Waals surface area (Å²) in [7, 11) is 0. The average Bonchev–Trinajstić information content (AvgIpc) is 3.36. The second-order valence-corrected chi connectivity index (χ2v) is 10.1. The van der Waals surface area contributed by atoms with E-state index in [4.69, 9.17) is 9.47 Å². The van der Waals surface area contributed by atoms with Crippen LogP contribution in [0, 0.1) is 5.82 Å². The van der Waals surface area contributed by atoms with Crippen LogP contribution in [-0.4, -0.2) is 40.1 Å². The fraction of sp³-hybridized carbons (Fsp3) is 0.147. The molecule has 43 heavy (non-hydrogen) atoms.